The number of rotatable bonds is 7. The molecule has 1 heterocycles. The lowest BCUT2D eigenvalue weighted by Crippen LogP contribution is -2.44. The number of aromatic nitrogens is 2. The van der Waals surface area contributed by atoms with E-state index < -0.39 is 0 Å². The van der Waals surface area contributed by atoms with Crippen LogP contribution < -0.4 is 0 Å². The highest BCUT2D eigenvalue weighted by Gasteiger charge is 2.44. The second-order valence-electron chi connectivity index (χ2n) is 9.93. The first-order valence-corrected chi connectivity index (χ1v) is 13.1. The Labute approximate surface area is 211 Å². The smallest absolute Gasteiger partial charge is 0.274 e. The maximum atomic E-state index is 13.8. The maximum Gasteiger partial charge on any atom is 0.274 e. The van der Waals surface area contributed by atoms with Crippen LogP contribution in [-0.2, 0) is 6.54 Å². The molecule has 4 nitrogen and oxygen atoms in total. The highest BCUT2D eigenvalue weighted by molar-refractivity contribution is 6.42. The van der Waals surface area contributed by atoms with Crippen molar-refractivity contribution in [1.29, 1.82) is 0 Å². The molecule has 2 fully saturated rings. The summed E-state index contributed by atoms with van der Waals surface area (Å²) in [5.74, 6) is 1.49. The van der Waals surface area contributed by atoms with Crippen molar-refractivity contribution in [3.63, 3.8) is 0 Å². The predicted molar refractivity (Wildman–Crippen MR) is 139 cm³/mol. The number of hydrogen-bond acceptors (Lipinski definition) is 2. The molecular formula is C28H31Cl2N3O. The van der Waals surface area contributed by atoms with Crippen LogP contribution in [0.25, 0.3) is 11.3 Å². The Morgan fingerprint density at radius 2 is 1.85 bits per heavy atom. The molecule has 0 saturated heterocycles. The molecule has 1 aromatic heterocycles. The van der Waals surface area contributed by atoms with E-state index >= 15 is 0 Å². The average molecular weight is 496 g/mol. The number of aryl methyl sites for hydroxylation is 1. The minimum atomic E-state index is 0.0562. The fourth-order valence-corrected chi connectivity index (χ4v) is 6.13. The Kier molecular flexibility index (Phi) is 6.72. The summed E-state index contributed by atoms with van der Waals surface area (Å²) in [5.41, 5.74) is 4.68. The molecule has 3 unspecified atom stereocenters. The zero-order valence-electron chi connectivity index (χ0n) is 19.8. The number of carbonyl (C=O) groups is 1. The van der Waals surface area contributed by atoms with Gasteiger partial charge in [0.2, 0.25) is 0 Å². The van der Waals surface area contributed by atoms with Gasteiger partial charge >= 0.3 is 0 Å². The lowest BCUT2D eigenvalue weighted by molar-refractivity contribution is 0.0604. The zero-order chi connectivity index (χ0) is 23.8. The van der Waals surface area contributed by atoms with Gasteiger partial charge in [-0.2, -0.15) is 5.10 Å². The summed E-state index contributed by atoms with van der Waals surface area (Å²) >= 11 is 12.4. The number of amides is 1. The fraction of sp³-hybridized carbons (Fsp3) is 0.429. The maximum absolute atomic E-state index is 13.8. The van der Waals surface area contributed by atoms with Crippen LogP contribution in [0.15, 0.2) is 48.5 Å². The molecule has 34 heavy (non-hydrogen) atoms. The van der Waals surface area contributed by atoms with Crippen LogP contribution in [0.5, 0.6) is 0 Å². The van der Waals surface area contributed by atoms with Crippen molar-refractivity contribution in [2.24, 2.45) is 11.8 Å². The van der Waals surface area contributed by atoms with E-state index in [-0.39, 0.29) is 5.91 Å². The minimum Gasteiger partial charge on any atom is -0.334 e. The van der Waals surface area contributed by atoms with Crippen molar-refractivity contribution in [2.45, 2.75) is 58.5 Å². The van der Waals surface area contributed by atoms with Crippen LogP contribution in [0, 0.1) is 18.8 Å². The summed E-state index contributed by atoms with van der Waals surface area (Å²) in [4.78, 5) is 15.9. The van der Waals surface area contributed by atoms with E-state index in [0.29, 0.717) is 34.2 Å². The van der Waals surface area contributed by atoms with Gasteiger partial charge in [0.15, 0.2) is 5.69 Å². The molecule has 0 spiro atoms. The first kappa shape index (κ1) is 23.4. The third-order valence-electron chi connectivity index (χ3n) is 7.49. The second kappa shape index (κ2) is 9.75. The number of benzene rings is 2. The molecule has 6 heteroatoms. The second-order valence-corrected chi connectivity index (χ2v) is 10.7. The number of carbonyl (C=O) groups excluding carboxylic acids is 1. The number of halogens is 2. The first-order chi connectivity index (χ1) is 16.4. The summed E-state index contributed by atoms with van der Waals surface area (Å²) in [7, 11) is 0. The van der Waals surface area contributed by atoms with Gasteiger partial charge in [-0.1, -0.05) is 72.4 Å². The molecule has 0 aliphatic heterocycles. The summed E-state index contributed by atoms with van der Waals surface area (Å²) in [5, 5.41) is 5.89. The van der Waals surface area contributed by atoms with E-state index in [1.807, 2.05) is 22.9 Å². The van der Waals surface area contributed by atoms with Crippen molar-refractivity contribution < 1.29 is 4.79 Å². The van der Waals surface area contributed by atoms with Crippen LogP contribution in [0.4, 0.5) is 0 Å². The van der Waals surface area contributed by atoms with E-state index in [2.05, 4.69) is 43.0 Å². The van der Waals surface area contributed by atoms with Gasteiger partial charge in [0.25, 0.3) is 5.91 Å². The van der Waals surface area contributed by atoms with Gasteiger partial charge in [0, 0.05) is 12.6 Å². The standard InChI is InChI=1S/C28H31Cl2N3O/c1-3-12-32(26-15-19-6-10-22(26)13-19)28(34)25-16-27(21-8-4-18(2)5-9-21)33(31-25)17-20-7-11-23(29)24(30)14-20/h4-5,7-9,11,14,16,19,22,26H,3,6,10,12-13,15,17H2,1-2H3. The topological polar surface area (TPSA) is 38.1 Å². The highest BCUT2D eigenvalue weighted by Crippen LogP contribution is 2.47. The van der Waals surface area contributed by atoms with Crippen LogP contribution in [0.2, 0.25) is 10.0 Å². The Hall–Kier alpha value is -2.30. The average Bonchev–Trinajstić information content (AvgIpc) is 3.56. The molecule has 5 rings (SSSR count). The van der Waals surface area contributed by atoms with Crippen molar-refractivity contribution in [3.05, 3.63) is 75.4 Å². The molecule has 2 bridgehead atoms. The minimum absolute atomic E-state index is 0.0562. The van der Waals surface area contributed by atoms with E-state index in [1.54, 1.807) is 6.07 Å². The SMILES string of the molecule is CCCN(C(=O)c1cc(-c2ccc(C)cc2)n(Cc2ccc(Cl)c(Cl)c2)n1)C1CC2CCC1C2. The Morgan fingerprint density at radius 3 is 2.50 bits per heavy atom. The molecule has 0 N–H and O–H groups in total. The van der Waals surface area contributed by atoms with Gasteiger partial charge in [-0.15, -0.1) is 0 Å². The van der Waals surface area contributed by atoms with Gasteiger partial charge in [-0.3, -0.25) is 9.48 Å². The number of hydrogen-bond donors (Lipinski definition) is 0. The quantitative estimate of drug-likeness (QED) is 0.345. The molecule has 2 aliphatic rings. The summed E-state index contributed by atoms with van der Waals surface area (Å²) in [6.07, 6.45) is 5.95. The van der Waals surface area contributed by atoms with Gasteiger partial charge in [0.05, 0.1) is 22.3 Å². The highest BCUT2D eigenvalue weighted by atomic mass is 35.5. The lowest BCUT2D eigenvalue weighted by atomic mass is 9.93. The van der Waals surface area contributed by atoms with Crippen LogP contribution in [0.3, 0.4) is 0 Å². The molecule has 178 valence electrons. The third-order valence-corrected chi connectivity index (χ3v) is 8.23. The third kappa shape index (κ3) is 4.63. The van der Waals surface area contributed by atoms with Crippen molar-refractivity contribution in [3.8, 4) is 11.3 Å². The normalized spacial score (nSPS) is 21.2. The monoisotopic (exact) mass is 495 g/mol. The number of nitrogens with zero attached hydrogens (tertiary/aromatic N) is 3. The Balaban J connectivity index is 1.50. The summed E-state index contributed by atoms with van der Waals surface area (Å²) in [6.45, 7) is 5.51. The van der Waals surface area contributed by atoms with Gasteiger partial charge in [-0.05, 0) is 73.8 Å². The number of fused-ring (bicyclic) bond motifs is 2. The molecule has 0 radical (unpaired) electrons. The van der Waals surface area contributed by atoms with Crippen LogP contribution >= 0.6 is 23.2 Å². The van der Waals surface area contributed by atoms with E-state index in [1.165, 1.54) is 24.8 Å². The van der Waals surface area contributed by atoms with Crippen LogP contribution in [-0.4, -0.2) is 33.2 Å². The molecule has 1 amide bonds. The fourth-order valence-electron chi connectivity index (χ4n) is 5.81. The van der Waals surface area contributed by atoms with E-state index in [4.69, 9.17) is 28.3 Å². The molecule has 3 atom stereocenters. The lowest BCUT2D eigenvalue weighted by Gasteiger charge is -2.34. The van der Waals surface area contributed by atoms with Crippen molar-refractivity contribution >= 4 is 29.1 Å². The van der Waals surface area contributed by atoms with Gasteiger partial charge in [-0.25, -0.2) is 0 Å². The molecule has 3 aromatic rings. The van der Waals surface area contributed by atoms with E-state index in [9.17, 15) is 4.79 Å². The van der Waals surface area contributed by atoms with Gasteiger partial charge < -0.3 is 4.90 Å². The largest absolute Gasteiger partial charge is 0.334 e. The predicted octanol–water partition coefficient (Wildman–Crippen LogP) is 7.25. The van der Waals surface area contributed by atoms with Crippen LogP contribution in [0.1, 0.15) is 60.6 Å². The molecular weight excluding hydrogens is 465 g/mol. The molecule has 2 aliphatic carbocycles. The summed E-state index contributed by atoms with van der Waals surface area (Å²) in [6, 6.07) is 16.3. The Bertz CT molecular complexity index is 1190. The Morgan fingerprint density at radius 1 is 1.06 bits per heavy atom. The van der Waals surface area contributed by atoms with Crippen molar-refractivity contribution in [2.75, 3.05) is 6.54 Å². The molecule has 2 saturated carbocycles. The summed E-state index contributed by atoms with van der Waals surface area (Å²) < 4.78 is 1.92. The van der Waals surface area contributed by atoms with Crippen molar-refractivity contribution in [1.82, 2.24) is 14.7 Å². The zero-order valence-corrected chi connectivity index (χ0v) is 21.3. The first-order valence-electron chi connectivity index (χ1n) is 12.3. The molecule has 2 aromatic carbocycles. The van der Waals surface area contributed by atoms with E-state index in [0.717, 1.165) is 42.1 Å². The van der Waals surface area contributed by atoms with Gasteiger partial charge in [0.1, 0.15) is 0 Å².